The van der Waals surface area contributed by atoms with Gasteiger partial charge in [0.2, 0.25) is 5.65 Å². The Morgan fingerprint density at radius 2 is 2.03 bits per heavy atom. The topological polar surface area (TPSA) is 81.4 Å². The lowest BCUT2D eigenvalue weighted by Crippen LogP contribution is -2.07. The van der Waals surface area contributed by atoms with Crippen LogP contribution in [0, 0.1) is 12.8 Å². The van der Waals surface area contributed by atoms with Crippen LogP contribution in [0.5, 0.6) is 5.75 Å². The van der Waals surface area contributed by atoms with Crippen LogP contribution in [-0.2, 0) is 4.79 Å². The molecule has 29 heavy (non-hydrogen) atoms. The van der Waals surface area contributed by atoms with Crippen LogP contribution in [0.3, 0.4) is 0 Å². The first-order chi connectivity index (χ1) is 14.0. The maximum Gasteiger partial charge on any atom is 0.204 e. The van der Waals surface area contributed by atoms with Crippen molar-refractivity contribution in [2.45, 2.75) is 59.8 Å². The smallest absolute Gasteiger partial charge is 0.204 e. The second-order valence-electron chi connectivity index (χ2n) is 7.82. The summed E-state index contributed by atoms with van der Waals surface area (Å²) in [6.45, 7) is 9.47. The number of carbonyl (C=O) groups excluding carboxylic acids is 1. The molecule has 3 aromatic rings. The Morgan fingerprint density at radius 1 is 1.21 bits per heavy atom. The third-order valence-electron chi connectivity index (χ3n) is 4.83. The Kier molecular flexibility index (Phi) is 7.01. The number of aryl methyl sites for hydroxylation is 1. The largest absolute Gasteiger partial charge is 0.494 e. The SMILES string of the molecule is CCOc1ccc2c(c1)nc(NCCCCCC(=O)CC(C)C)c1nnc(C)n12. The molecule has 0 aliphatic heterocycles. The Labute approximate surface area is 171 Å². The van der Waals surface area contributed by atoms with Crippen molar-refractivity contribution in [3.8, 4) is 5.75 Å². The molecular formula is C22H31N5O2. The zero-order valence-corrected chi connectivity index (χ0v) is 17.9. The second kappa shape index (κ2) is 9.67. The fraction of sp³-hybridized carbons (Fsp3) is 0.545. The fourth-order valence-electron chi connectivity index (χ4n) is 3.52. The highest BCUT2D eigenvalue weighted by molar-refractivity contribution is 5.84. The van der Waals surface area contributed by atoms with Crippen LogP contribution in [0.1, 0.15) is 58.7 Å². The van der Waals surface area contributed by atoms with Gasteiger partial charge in [0.25, 0.3) is 0 Å². The molecule has 0 saturated carbocycles. The number of ether oxygens (including phenoxy) is 1. The number of ketones is 1. The lowest BCUT2D eigenvalue weighted by molar-refractivity contribution is -0.119. The molecule has 1 N–H and O–H groups in total. The van der Waals surface area contributed by atoms with E-state index in [1.807, 2.05) is 36.4 Å². The van der Waals surface area contributed by atoms with Crippen molar-refractivity contribution in [3.63, 3.8) is 0 Å². The standard InChI is InChI=1S/C22H31N5O2/c1-5-29-18-10-11-20-19(14-18)24-21(22-26-25-16(4)27(20)22)23-12-8-6-7-9-17(28)13-15(2)3/h10-11,14-15H,5-9,12-13H2,1-4H3,(H,23,24). The minimum absolute atomic E-state index is 0.370. The number of nitrogens with one attached hydrogen (secondary N) is 1. The molecule has 0 saturated heterocycles. The number of Topliss-reactive ketones (excluding diaryl/α,β-unsaturated/α-hetero) is 1. The average Bonchev–Trinajstić information content (AvgIpc) is 3.06. The number of hydrogen-bond donors (Lipinski definition) is 1. The zero-order chi connectivity index (χ0) is 20.8. The van der Waals surface area contributed by atoms with Gasteiger partial charge in [-0.1, -0.05) is 20.3 Å². The average molecular weight is 398 g/mol. The van der Waals surface area contributed by atoms with Crippen LogP contribution in [0.2, 0.25) is 0 Å². The van der Waals surface area contributed by atoms with Crippen molar-refractivity contribution in [1.82, 2.24) is 19.6 Å². The molecule has 0 radical (unpaired) electrons. The van der Waals surface area contributed by atoms with E-state index in [9.17, 15) is 4.79 Å². The monoisotopic (exact) mass is 397 g/mol. The highest BCUT2D eigenvalue weighted by Crippen LogP contribution is 2.25. The summed E-state index contributed by atoms with van der Waals surface area (Å²) in [5.41, 5.74) is 2.53. The minimum atomic E-state index is 0.370. The third-order valence-corrected chi connectivity index (χ3v) is 4.83. The predicted octanol–water partition coefficient (Wildman–Crippen LogP) is 4.57. The summed E-state index contributed by atoms with van der Waals surface area (Å²) >= 11 is 0. The van der Waals surface area contributed by atoms with E-state index in [0.29, 0.717) is 31.1 Å². The molecule has 0 spiro atoms. The van der Waals surface area contributed by atoms with Gasteiger partial charge in [0.05, 0.1) is 17.6 Å². The number of rotatable bonds is 11. The highest BCUT2D eigenvalue weighted by Gasteiger charge is 2.13. The van der Waals surface area contributed by atoms with Crippen molar-refractivity contribution >= 4 is 28.3 Å². The van der Waals surface area contributed by atoms with E-state index in [1.54, 1.807) is 0 Å². The summed E-state index contributed by atoms with van der Waals surface area (Å²) in [5.74, 6) is 3.16. The lowest BCUT2D eigenvalue weighted by atomic mass is 10.0. The summed E-state index contributed by atoms with van der Waals surface area (Å²) in [6, 6.07) is 5.89. The molecule has 0 fully saturated rings. The minimum Gasteiger partial charge on any atom is -0.494 e. The number of hydrogen-bond acceptors (Lipinski definition) is 6. The Bertz CT molecular complexity index is 980. The second-order valence-corrected chi connectivity index (χ2v) is 7.82. The summed E-state index contributed by atoms with van der Waals surface area (Å²) in [5, 5.41) is 11.9. The molecule has 1 aromatic carbocycles. The van der Waals surface area contributed by atoms with Gasteiger partial charge >= 0.3 is 0 Å². The van der Waals surface area contributed by atoms with E-state index < -0.39 is 0 Å². The molecule has 0 amide bonds. The van der Waals surface area contributed by atoms with E-state index in [-0.39, 0.29) is 0 Å². The Balaban J connectivity index is 1.66. The van der Waals surface area contributed by atoms with E-state index in [4.69, 9.17) is 9.72 Å². The molecule has 0 unspecified atom stereocenters. The van der Waals surface area contributed by atoms with Crippen LogP contribution in [0.25, 0.3) is 16.7 Å². The van der Waals surface area contributed by atoms with E-state index >= 15 is 0 Å². The van der Waals surface area contributed by atoms with Gasteiger partial charge in [-0.3, -0.25) is 9.20 Å². The predicted molar refractivity (Wildman–Crippen MR) is 116 cm³/mol. The van der Waals surface area contributed by atoms with Gasteiger partial charge in [0, 0.05) is 25.5 Å². The van der Waals surface area contributed by atoms with Gasteiger partial charge in [-0.25, -0.2) is 4.98 Å². The van der Waals surface area contributed by atoms with Crippen molar-refractivity contribution in [1.29, 1.82) is 0 Å². The first-order valence-electron chi connectivity index (χ1n) is 10.5. The number of aromatic nitrogens is 4. The number of anilines is 1. The summed E-state index contributed by atoms with van der Waals surface area (Å²) in [6.07, 6.45) is 4.30. The van der Waals surface area contributed by atoms with E-state index in [2.05, 4.69) is 29.4 Å². The maximum atomic E-state index is 11.8. The van der Waals surface area contributed by atoms with Gasteiger partial charge < -0.3 is 10.1 Å². The maximum absolute atomic E-state index is 11.8. The molecule has 156 valence electrons. The normalized spacial score (nSPS) is 11.5. The number of fused-ring (bicyclic) bond motifs is 3. The van der Waals surface area contributed by atoms with Gasteiger partial charge in [0.15, 0.2) is 5.82 Å². The molecule has 7 nitrogen and oxygen atoms in total. The number of benzene rings is 1. The van der Waals surface area contributed by atoms with Crippen molar-refractivity contribution < 1.29 is 9.53 Å². The quantitative estimate of drug-likeness (QED) is 0.477. The van der Waals surface area contributed by atoms with Gasteiger partial charge in [-0.15, -0.1) is 10.2 Å². The molecule has 0 aliphatic carbocycles. The van der Waals surface area contributed by atoms with Crippen LogP contribution >= 0.6 is 0 Å². The summed E-state index contributed by atoms with van der Waals surface area (Å²) < 4.78 is 7.64. The van der Waals surface area contributed by atoms with Gasteiger partial charge in [-0.05, 0) is 44.7 Å². The van der Waals surface area contributed by atoms with Crippen molar-refractivity contribution in [2.24, 2.45) is 5.92 Å². The van der Waals surface area contributed by atoms with Crippen LogP contribution < -0.4 is 10.1 Å². The summed E-state index contributed by atoms with van der Waals surface area (Å²) in [7, 11) is 0. The van der Waals surface area contributed by atoms with Crippen molar-refractivity contribution in [2.75, 3.05) is 18.5 Å². The first kappa shape index (κ1) is 21.0. The summed E-state index contributed by atoms with van der Waals surface area (Å²) in [4.78, 5) is 16.6. The molecule has 0 aliphatic rings. The molecule has 2 heterocycles. The third kappa shape index (κ3) is 5.22. The van der Waals surface area contributed by atoms with E-state index in [1.165, 1.54) is 0 Å². The van der Waals surface area contributed by atoms with Crippen LogP contribution in [0.15, 0.2) is 18.2 Å². The number of carbonyl (C=O) groups is 1. The molecule has 7 heteroatoms. The highest BCUT2D eigenvalue weighted by atomic mass is 16.5. The van der Waals surface area contributed by atoms with Crippen LogP contribution in [-0.4, -0.2) is 38.5 Å². The zero-order valence-electron chi connectivity index (χ0n) is 17.9. The van der Waals surface area contributed by atoms with Crippen molar-refractivity contribution in [3.05, 3.63) is 24.0 Å². The van der Waals surface area contributed by atoms with Crippen LogP contribution in [0.4, 0.5) is 5.82 Å². The van der Waals surface area contributed by atoms with Gasteiger partial charge in [-0.2, -0.15) is 0 Å². The Hall–Kier alpha value is -2.70. The molecular weight excluding hydrogens is 366 g/mol. The number of nitrogens with zero attached hydrogens (tertiary/aromatic N) is 4. The number of unbranched alkanes of at least 4 members (excludes halogenated alkanes) is 2. The molecule has 0 atom stereocenters. The lowest BCUT2D eigenvalue weighted by Gasteiger charge is -2.11. The first-order valence-corrected chi connectivity index (χ1v) is 10.5. The molecule has 3 rings (SSSR count). The molecule has 0 bridgehead atoms. The van der Waals surface area contributed by atoms with E-state index in [0.717, 1.165) is 59.9 Å². The fourth-order valence-corrected chi connectivity index (χ4v) is 3.52. The van der Waals surface area contributed by atoms with Gasteiger partial charge in [0.1, 0.15) is 17.4 Å². The Morgan fingerprint density at radius 3 is 2.79 bits per heavy atom. The molecule has 2 aromatic heterocycles.